The number of cyclic esters (lactones) is 2. The third kappa shape index (κ3) is 20.5. The number of esters is 2. The van der Waals surface area contributed by atoms with E-state index in [1.807, 2.05) is 49.4 Å². The van der Waals surface area contributed by atoms with E-state index in [1.54, 1.807) is 70.3 Å². The number of hydrogen-bond donors (Lipinski definition) is 2. The zero-order valence-corrected chi connectivity index (χ0v) is 55.6. The van der Waals surface area contributed by atoms with Gasteiger partial charge in [0.15, 0.2) is 18.1 Å². The van der Waals surface area contributed by atoms with Crippen LogP contribution in [0.3, 0.4) is 0 Å². The second kappa shape index (κ2) is 34.2. The van der Waals surface area contributed by atoms with Crippen molar-refractivity contribution < 1.29 is 76.3 Å². The highest BCUT2D eigenvalue weighted by Crippen LogP contribution is 2.40. The van der Waals surface area contributed by atoms with Crippen molar-refractivity contribution in [2.24, 2.45) is 5.41 Å². The summed E-state index contributed by atoms with van der Waals surface area (Å²) < 4.78 is 41.0. The summed E-state index contributed by atoms with van der Waals surface area (Å²) in [6.45, 7) is 9.17. The number of nitrogens with zero attached hydrogens (tertiary/aromatic N) is 4. The number of likely N-dealkylation sites (N-methyl/N-ethyl adjacent to an activating group) is 3. The molecule has 0 saturated carbocycles. The van der Waals surface area contributed by atoms with Crippen LogP contribution in [-0.4, -0.2) is 184 Å². The molecule has 22 heteroatoms. The summed E-state index contributed by atoms with van der Waals surface area (Å²) >= 11 is 0. The molecule has 5 atom stereocenters. The van der Waals surface area contributed by atoms with Crippen molar-refractivity contribution in [3.05, 3.63) is 108 Å². The van der Waals surface area contributed by atoms with E-state index in [0.717, 1.165) is 16.3 Å². The van der Waals surface area contributed by atoms with Gasteiger partial charge >= 0.3 is 11.9 Å². The molecule has 2 aliphatic rings. The quantitative estimate of drug-likeness (QED) is 0.0961. The monoisotopic (exact) mass is 1270 g/mol. The Hall–Kier alpha value is -8.53. The molecule has 0 aromatic heterocycles. The lowest BCUT2D eigenvalue weighted by molar-refractivity contribution is -0.165. The smallest absolute Gasteiger partial charge is 0.330 e. The van der Waals surface area contributed by atoms with E-state index in [9.17, 15) is 38.4 Å². The van der Waals surface area contributed by atoms with Crippen LogP contribution in [0.15, 0.2) is 91.0 Å². The van der Waals surface area contributed by atoms with Crippen LogP contribution in [0.25, 0.3) is 10.8 Å². The number of amides is 6. The molecule has 4 aromatic rings. The van der Waals surface area contributed by atoms with Gasteiger partial charge in [0.2, 0.25) is 35.2 Å². The van der Waals surface area contributed by atoms with E-state index in [4.69, 9.17) is 33.2 Å². The molecule has 0 unspecified atom stereocenters. The molecule has 6 amide bonds. The van der Waals surface area contributed by atoms with E-state index in [0.29, 0.717) is 86.3 Å². The van der Waals surface area contributed by atoms with Gasteiger partial charge in [-0.3, -0.25) is 33.6 Å². The van der Waals surface area contributed by atoms with Crippen molar-refractivity contribution >= 4 is 63.9 Å². The second-order valence-electron chi connectivity index (χ2n) is 25.1. The highest BCUT2D eigenvalue weighted by molar-refractivity contribution is 6.38. The molecule has 4 aromatic carbocycles. The number of carbonyl (C=O) groups is 9. The highest BCUT2D eigenvalue weighted by atomic mass is 16.6. The third-order valence-electron chi connectivity index (χ3n) is 16.6. The Bertz CT molecular complexity index is 3240. The Morgan fingerprint density at radius 1 is 0.707 bits per heavy atom. The summed E-state index contributed by atoms with van der Waals surface area (Å²) in [5.74, 6) is -4.68. The van der Waals surface area contributed by atoms with Crippen LogP contribution in [0, 0.1) is 5.41 Å². The summed E-state index contributed by atoms with van der Waals surface area (Å²) in [5.41, 5.74) is -0.279. The van der Waals surface area contributed by atoms with Gasteiger partial charge in [-0.05, 0) is 144 Å². The Morgan fingerprint density at radius 2 is 1.41 bits per heavy atom. The molecule has 1 saturated heterocycles. The SMILES string of the molecule is CCCC[C@H]1C(=O)N[C@@H](Cc2ccc3ccccc3c2)C(=O)N(C)[C@@H](COC(C)(C)C)C(=O)NCC(=O)N(C)CCCC/C=C/C(=O)OCC(C)(C)C(=O)C(=O)N2CCCC[C@H]2C(=O)O[C@H](CCc2cc(OC)c(OC)c(OC)c2)c2cccc(c2)OCC(=O)N1C. The summed E-state index contributed by atoms with van der Waals surface area (Å²) in [7, 11) is 9.04. The fourth-order valence-corrected chi connectivity index (χ4v) is 10.9. The first kappa shape index (κ1) is 72.5. The zero-order valence-electron chi connectivity index (χ0n) is 55.6. The van der Waals surface area contributed by atoms with Crippen LogP contribution in [0.1, 0.15) is 129 Å². The van der Waals surface area contributed by atoms with E-state index >= 15 is 4.79 Å². The van der Waals surface area contributed by atoms with Crippen LogP contribution in [-0.2, 0) is 70.2 Å². The molecule has 2 bridgehead atoms. The van der Waals surface area contributed by atoms with Crippen LogP contribution in [0.4, 0.5) is 0 Å². The number of benzene rings is 4. The summed E-state index contributed by atoms with van der Waals surface area (Å²) in [4.78, 5) is 133. The van der Waals surface area contributed by atoms with Crippen molar-refractivity contribution in [2.45, 2.75) is 154 Å². The standard InChI is InChI=1S/C70H94N6O16/c1-13-14-28-53-65(82)72-52(38-46-31-33-48-24-18-19-25-49(48)37-46)66(83)75(9)55(43-91-69(2,3)4)64(81)71-42-59(77)73(7)35-21-16-15-17-30-61(79)90-45-70(5,6)63(80)67(84)76-36-22-20-29-54(76)68(85)92-56(50-26-23-27-51(41-50)89-44-60(78)74(53)8)34-32-47-39-57(86-10)62(88-12)58(40-47)87-11/h17-19,23-27,30-31,33,37,39-41,52-56H,13-16,20-22,28-29,32,34-36,38,42-45H2,1-12H3,(H,71,81)(H,72,82)/b30-17+/t52-,53-,54-,55-,56+/m0/s1. The minimum atomic E-state index is -1.47. The van der Waals surface area contributed by atoms with Gasteiger partial charge in [0.25, 0.3) is 11.8 Å². The average Bonchev–Trinajstić information content (AvgIpc) is 1.20. The number of nitrogens with one attached hydrogen (secondary N) is 2. The number of Topliss-reactive ketones (excluding diaryl/α,β-unsaturated/α-hetero) is 1. The molecule has 22 nitrogen and oxygen atoms in total. The Balaban J connectivity index is 1.35. The van der Waals surface area contributed by atoms with Crippen LogP contribution in [0.5, 0.6) is 23.0 Å². The van der Waals surface area contributed by atoms with Crippen molar-refractivity contribution in [1.29, 1.82) is 0 Å². The number of hydrogen-bond acceptors (Lipinski definition) is 16. The molecule has 500 valence electrons. The molecule has 0 radical (unpaired) electrons. The lowest BCUT2D eigenvalue weighted by Gasteiger charge is -2.36. The normalized spacial score (nSPS) is 21.7. The maximum atomic E-state index is 15.1. The van der Waals surface area contributed by atoms with Crippen molar-refractivity contribution in [3.8, 4) is 23.0 Å². The molecular weight excluding hydrogens is 1180 g/mol. The number of allylic oxidation sites excluding steroid dienone is 1. The molecule has 0 aliphatic carbocycles. The lowest BCUT2D eigenvalue weighted by atomic mass is 9.87. The van der Waals surface area contributed by atoms with E-state index in [2.05, 4.69) is 10.6 Å². The largest absolute Gasteiger partial charge is 0.493 e. The number of unbranched alkanes of at least 4 members (excludes halogenated alkanes) is 1. The Kier molecular flexibility index (Phi) is 27.0. The molecule has 92 heavy (non-hydrogen) atoms. The number of ketones is 1. The summed E-state index contributed by atoms with van der Waals surface area (Å²) in [6, 6.07) is 19.0. The van der Waals surface area contributed by atoms with Crippen LogP contribution >= 0.6 is 0 Å². The molecular formula is C70H94N6O16. The highest BCUT2D eigenvalue weighted by Gasteiger charge is 2.43. The molecule has 6 rings (SSSR count). The van der Waals surface area contributed by atoms with Gasteiger partial charge < -0.3 is 63.4 Å². The number of fused-ring (bicyclic) bond motifs is 4. The fourth-order valence-electron chi connectivity index (χ4n) is 10.9. The number of aryl methyl sites for hydroxylation is 1. The lowest BCUT2D eigenvalue weighted by Crippen LogP contribution is -2.59. The number of ether oxygens (including phenoxy) is 7. The number of rotatable bonds is 13. The van der Waals surface area contributed by atoms with Gasteiger partial charge in [0.1, 0.15) is 42.6 Å². The Labute approximate surface area is 540 Å². The van der Waals surface area contributed by atoms with Gasteiger partial charge in [-0.1, -0.05) is 80.4 Å². The van der Waals surface area contributed by atoms with Gasteiger partial charge in [-0.25, -0.2) is 9.59 Å². The van der Waals surface area contributed by atoms with Crippen molar-refractivity contribution in [2.75, 3.05) is 81.9 Å². The molecule has 0 spiro atoms. The van der Waals surface area contributed by atoms with E-state index in [1.165, 1.54) is 74.9 Å². The number of carbonyl (C=O) groups excluding carboxylic acids is 9. The maximum absolute atomic E-state index is 15.1. The first-order valence-corrected chi connectivity index (χ1v) is 31.7. The molecule has 2 aliphatic heterocycles. The van der Waals surface area contributed by atoms with Crippen molar-refractivity contribution in [3.63, 3.8) is 0 Å². The second-order valence-corrected chi connectivity index (χ2v) is 25.1. The third-order valence-corrected chi connectivity index (χ3v) is 16.6. The van der Waals surface area contributed by atoms with Crippen LogP contribution in [0.2, 0.25) is 0 Å². The first-order valence-electron chi connectivity index (χ1n) is 31.7. The summed E-state index contributed by atoms with van der Waals surface area (Å²) in [5, 5.41) is 7.56. The summed E-state index contributed by atoms with van der Waals surface area (Å²) in [6.07, 6.45) is 6.66. The minimum absolute atomic E-state index is 0.00280. The molecule has 2 heterocycles. The molecule has 2 N–H and O–H groups in total. The fraction of sp³-hybridized carbons (Fsp3) is 0.529. The topological polar surface area (TPSA) is 255 Å². The average molecular weight is 1280 g/mol. The predicted molar refractivity (Wildman–Crippen MR) is 346 cm³/mol. The van der Waals surface area contributed by atoms with Gasteiger partial charge in [-0.2, -0.15) is 0 Å². The van der Waals surface area contributed by atoms with Gasteiger partial charge in [0, 0.05) is 46.7 Å². The van der Waals surface area contributed by atoms with Crippen LogP contribution < -0.4 is 29.6 Å². The maximum Gasteiger partial charge on any atom is 0.330 e. The molecule has 1 fully saturated rings. The zero-order chi connectivity index (χ0) is 67.3. The van der Waals surface area contributed by atoms with E-state index < -0.39 is 114 Å². The van der Waals surface area contributed by atoms with Gasteiger partial charge in [-0.15, -0.1) is 0 Å². The van der Waals surface area contributed by atoms with Gasteiger partial charge in [0.05, 0.1) is 45.5 Å². The first-order chi connectivity index (χ1) is 43.8. The number of methoxy groups -OCH3 is 3. The van der Waals surface area contributed by atoms with E-state index in [-0.39, 0.29) is 44.6 Å². The predicted octanol–water partition coefficient (Wildman–Crippen LogP) is 7.68. The Morgan fingerprint density at radius 3 is 2.10 bits per heavy atom. The number of piperidine rings is 1. The van der Waals surface area contributed by atoms with Crippen molar-refractivity contribution in [1.82, 2.24) is 30.2 Å². The minimum Gasteiger partial charge on any atom is -0.493 e.